The van der Waals surface area contributed by atoms with Crippen molar-refractivity contribution in [2.75, 3.05) is 33.4 Å². The lowest BCUT2D eigenvalue weighted by Gasteiger charge is -2.24. The number of rotatable bonds is 9. The van der Waals surface area contributed by atoms with Gasteiger partial charge in [0.15, 0.2) is 0 Å². The van der Waals surface area contributed by atoms with Crippen molar-refractivity contribution < 1.29 is 9.53 Å². The van der Waals surface area contributed by atoms with Gasteiger partial charge in [-0.25, -0.2) is 0 Å². The second kappa shape index (κ2) is 8.79. The Hall–Kier alpha value is -1.40. The van der Waals surface area contributed by atoms with Crippen molar-refractivity contribution in [2.24, 2.45) is 11.7 Å². The minimum atomic E-state index is 0.0252. The summed E-state index contributed by atoms with van der Waals surface area (Å²) in [7, 11) is 1.65. The Morgan fingerprint density at radius 1 is 1.52 bits per heavy atom. The van der Waals surface area contributed by atoms with Gasteiger partial charge < -0.3 is 15.4 Å². The van der Waals surface area contributed by atoms with E-state index in [9.17, 15) is 4.79 Å². The third-order valence-electron chi connectivity index (χ3n) is 3.35. The zero-order chi connectivity index (χ0) is 15.8. The largest absolute Gasteiger partial charge is 0.383 e. The number of nitrogens with two attached hydrogens (primary N) is 1. The number of ether oxygens (including phenoxy) is 1. The smallest absolute Gasteiger partial charge is 0.257 e. The van der Waals surface area contributed by atoms with Crippen molar-refractivity contribution in [1.29, 1.82) is 0 Å². The minimum Gasteiger partial charge on any atom is -0.383 e. The van der Waals surface area contributed by atoms with E-state index in [1.807, 2.05) is 16.5 Å². The lowest BCUT2D eigenvalue weighted by molar-refractivity contribution is 0.0671. The number of methoxy groups -OCH3 is 1. The molecule has 0 unspecified atom stereocenters. The van der Waals surface area contributed by atoms with Crippen LogP contribution in [0.15, 0.2) is 6.20 Å². The average molecular weight is 296 g/mol. The highest BCUT2D eigenvalue weighted by Crippen LogP contribution is 2.12. The molecule has 0 aromatic carbocycles. The van der Waals surface area contributed by atoms with Crippen molar-refractivity contribution in [3.63, 3.8) is 0 Å². The summed E-state index contributed by atoms with van der Waals surface area (Å²) in [5.74, 6) is 0.440. The van der Waals surface area contributed by atoms with E-state index in [0.29, 0.717) is 31.2 Å². The van der Waals surface area contributed by atoms with Gasteiger partial charge in [0.1, 0.15) is 0 Å². The lowest BCUT2D eigenvalue weighted by Crippen LogP contribution is -2.37. The van der Waals surface area contributed by atoms with Crippen LogP contribution in [-0.4, -0.2) is 53.9 Å². The molecule has 0 radical (unpaired) electrons. The van der Waals surface area contributed by atoms with Crippen LogP contribution in [0.1, 0.15) is 36.3 Å². The van der Waals surface area contributed by atoms with E-state index in [-0.39, 0.29) is 5.91 Å². The van der Waals surface area contributed by atoms with E-state index in [1.165, 1.54) is 0 Å². The predicted octanol–water partition coefficient (Wildman–Crippen LogP) is 1.28. The van der Waals surface area contributed by atoms with Crippen LogP contribution in [0.4, 0.5) is 0 Å². The number of carbonyl (C=O) groups is 1. The fourth-order valence-corrected chi connectivity index (χ4v) is 2.21. The molecule has 0 saturated carbocycles. The van der Waals surface area contributed by atoms with Gasteiger partial charge in [-0.2, -0.15) is 5.10 Å². The highest BCUT2D eigenvalue weighted by molar-refractivity contribution is 5.95. The molecule has 0 aliphatic heterocycles. The summed E-state index contributed by atoms with van der Waals surface area (Å²) in [5.41, 5.74) is 7.09. The predicted molar refractivity (Wildman–Crippen MR) is 83.3 cm³/mol. The molecule has 0 bridgehead atoms. The maximum atomic E-state index is 12.7. The van der Waals surface area contributed by atoms with Crippen LogP contribution in [-0.2, 0) is 11.3 Å². The molecule has 6 nitrogen and oxygen atoms in total. The first-order valence-corrected chi connectivity index (χ1v) is 7.52. The first-order valence-electron chi connectivity index (χ1n) is 7.52. The normalized spacial score (nSPS) is 11.1. The molecule has 2 N–H and O–H groups in total. The third-order valence-corrected chi connectivity index (χ3v) is 3.35. The molecule has 1 heterocycles. The lowest BCUT2D eigenvalue weighted by atomic mass is 10.1. The maximum absolute atomic E-state index is 12.7. The minimum absolute atomic E-state index is 0.0252. The van der Waals surface area contributed by atoms with E-state index in [1.54, 1.807) is 13.3 Å². The van der Waals surface area contributed by atoms with Crippen molar-refractivity contribution in [3.05, 3.63) is 17.5 Å². The van der Waals surface area contributed by atoms with Crippen LogP contribution in [0.2, 0.25) is 0 Å². The Bertz CT molecular complexity index is 443. The summed E-state index contributed by atoms with van der Waals surface area (Å²) in [6, 6.07) is 0. The molecular formula is C15H28N4O2. The molecule has 1 aromatic rings. The first kappa shape index (κ1) is 17.7. The van der Waals surface area contributed by atoms with Gasteiger partial charge in [-0.1, -0.05) is 13.8 Å². The second-order valence-electron chi connectivity index (χ2n) is 5.65. The molecule has 0 aliphatic carbocycles. The summed E-state index contributed by atoms with van der Waals surface area (Å²) in [4.78, 5) is 14.5. The van der Waals surface area contributed by atoms with Crippen LogP contribution in [0.25, 0.3) is 0 Å². The molecule has 1 amide bonds. The average Bonchev–Trinajstić information content (AvgIpc) is 2.81. The summed E-state index contributed by atoms with van der Waals surface area (Å²) < 4.78 is 6.95. The molecule has 6 heteroatoms. The molecule has 0 fully saturated rings. The summed E-state index contributed by atoms with van der Waals surface area (Å²) in [5, 5.41) is 4.30. The topological polar surface area (TPSA) is 73.4 Å². The Morgan fingerprint density at radius 3 is 2.81 bits per heavy atom. The zero-order valence-corrected chi connectivity index (χ0v) is 13.6. The monoisotopic (exact) mass is 296 g/mol. The molecular weight excluding hydrogens is 268 g/mol. The summed E-state index contributed by atoms with van der Waals surface area (Å²) in [6.45, 7) is 9.36. The van der Waals surface area contributed by atoms with Gasteiger partial charge in [0, 0.05) is 32.4 Å². The zero-order valence-electron chi connectivity index (χ0n) is 13.6. The summed E-state index contributed by atoms with van der Waals surface area (Å²) in [6.07, 6.45) is 2.52. The molecule has 0 spiro atoms. The van der Waals surface area contributed by atoms with Gasteiger partial charge in [0.05, 0.1) is 18.4 Å². The maximum Gasteiger partial charge on any atom is 0.257 e. The van der Waals surface area contributed by atoms with Crippen LogP contribution < -0.4 is 5.73 Å². The molecule has 0 aliphatic rings. The van der Waals surface area contributed by atoms with Gasteiger partial charge in [-0.15, -0.1) is 0 Å². The van der Waals surface area contributed by atoms with E-state index in [4.69, 9.17) is 10.5 Å². The van der Waals surface area contributed by atoms with Gasteiger partial charge >= 0.3 is 0 Å². The second-order valence-corrected chi connectivity index (χ2v) is 5.65. The van der Waals surface area contributed by atoms with Crippen molar-refractivity contribution in [2.45, 2.75) is 33.7 Å². The number of aromatic nitrogens is 2. The SMILES string of the molecule is COCCN(CC(C)C)C(=O)c1cnn(CCCN)c1C. The van der Waals surface area contributed by atoms with Crippen molar-refractivity contribution in [3.8, 4) is 0 Å². The fraction of sp³-hybridized carbons (Fsp3) is 0.733. The molecule has 0 saturated heterocycles. The number of amides is 1. The van der Waals surface area contributed by atoms with Crippen LogP contribution in [0.3, 0.4) is 0 Å². The van der Waals surface area contributed by atoms with E-state index < -0.39 is 0 Å². The molecule has 1 rings (SSSR count). The molecule has 1 aromatic heterocycles. The Balaban J connectivity index is 2.84. The highest BCUT2D eigenvalue weighted by Gasteiger charge is 2.21. The van der Waals surface area contributed by atoms with Crippen LogP contribution in [0, 0.1) is 12.8 Å². The van der Waals surface area contributed by atoms with E-state index in [0.717, 1.165) is 25.2 Å². The Labute approximate surface area is 127 Å². The number of hydrogen-bond donors (Lipinski definition) is 1. The molecule has 120 valence electrons. The highest BCUT2D eigenvalue weighted by atomic mass is 16.5. The van der Waals surface area contributed by atoms with Gasteiger partial charge in [0.25, 0.3) is 5.91 Å². The van der Waals surface area contributed by atoms with Crippen molar-refractivity contribution >= 4 is 5.91 Å². The number of nitrogens with zero attached hydrogens (tertiary/aromatic N) is 3. The van der Waals surface area contributed by atoms with Crippen molar-refractivity contribution in [1.82, 2.24) is 14.7 Å². The van der Waals surface area contributed by atoms with Gasteiger partial charge in [0.2, 0.25) is 0 Å². The third kappa shape index (κ3) is 5.13. The number of carbonyl (C=O) groups excluding carboxylic acids is 1. The quantitative estimate of drug-likeness (QED) is 0.745. The fourth-order valence-electron chi connectivity index (χ4n) is 2.21. The van der Waals surface area contributed by atoms with Gasteiger partial charge in [-0.05, 0) is 25.8 Å². The first-order chi connectivity index (χ1) is 10.0. The number of hydrogen-bond acceptors (Lipinski definition) is 4. The van der Waals surface area contributed by atoms with E-state index >= 15 is 0 Å². The van der Waals surface area contributed by atoms with E-state index in [2.05, 4.69) is 18.9 Å². The standard InChI is InChI=1S/C15H28N4O2/c1-12(2)11-18(8-9-21-4)15(20)14-10-17-19(13(14)3)7-5-6-16/h10,12H,5-9,11,16H2,1-4H3. The Morgan fingerprint density at radius 2 is 2.24 bits per heavy atom. The van der Waals surface area contributed by atoms with Crippen LogP contribution in [0.5, 0.6) is 0 Å². The van der Waals surface area contributed by atoms with Gasteiger partial charge in [-0.3, -0.25) is 9.48 Å². The summed E-state index contributed by atoms with van der Waals surface area (Å²) >= 11 is 0. The number of aryl methyl sites for hydroxylation is 1. The van der Waals surface area contributed by atoms with Crippen LogP contribution >= 0.6 is 0 Å². The molecule has 0 atom stereocenters. The Kier molecular flexibility index (Phi) is 7.39. The molecule has 21 heavy (non-hydrogen) atoms.